The number of nitrogens with zero attached hydrogens (tertiary/aromatic N) is 2. The van der Waals surface area contributed by atoms with Gasteiger partial charge in [0.2, 0.25) is 0 Å². The van der Waals surface area contributed by atoms with Gasteiger partial charge in [0.05, 0.1) is 37.0 Å². The number of rotatable bonds is 3. The lowest BCUT2D eigenvalue weighted by Crippen LogP contribution is -2.33. The van der Waals surface area contributed by atoms with E-state index in [1.807, 2.05) is 11.9 Å². The summed E-state index contributed by atoms with van der Waals surface area (Å²) in [4.78, 5) is 0. The first-order chi connectivity index (χ1) is 9.11. The molecular formula is C13H16Cl2N2O2. The van der Waals surface area contributed by atoms with Gasteiger partial charge >= 0.3 is 0 Å². The Morgan fingerprint density at radius 3 is 2.68 bits per heavy atom. The molecule has 1 saturated heterocycles. The van der Waals surface area contributed by atoms with Crippen molar-refractivity contribution in [3.8, 4) is 5.75 Å². The Balaban J connectivity index is 2.33. The van der Waals surface area contributed by atoms with Gasteiger partial charge in [0, 0.05) is 10.6 Å². The zero-order chi connectivity index (χ0) is 13.8. The van der Waals surface area contributed by atoms with E-state index < -0.39 is 0 Å². The SMILES string of the molecule is CCC(=NN1CCOCC1)c1cc(Cl)cc(Cl)c1O. The average Bonchev–Trinajstić information content (AvgIpc) is 2.41. The second kappa shape index (κ2) is 6.46. The van der Waals surface area contributed by atoms with Crippen LogP contribution >= 0.6 is 23.2 Å². The Hall–Kier alpha value is -0.970. The number of phenols is 1. The maximum Gasteiger partial charge on any atom is 0.143 e. The van der Waals surface area contributed by atoms with E-state index in [4.69, 9.17) is 27.9 Å². The van der Waals surface area contributed by atoms with Gasteiger partial charge < -0.3 is 9.84 Å². The monoisotopic (exact) mass is 302 g/mol. The number of morpholine rings is 1. The number of benzene rings is 1. The van der Waals surface area contributed by atoms with Gasteiger partial charge in [-0.1, -0.05) is 30.1 Å². The molecule has 0 bridgehead atoms. The fourth-order valence-corrected chi connectivity index (χ4v) is 2.42. The predicted molar refractivity (Wildman–Crippen MR) is 77.3 cm³/mol. The smallest absolute Gasteiger partial charge is 0.143 e. The van der Waals surface area contributed by atoms with Crippen molar-refractivity contribution in [1.29, 1.82) is 0 Å². The van der Waals surface area contributed by atoms with Crippen LogP contribution in [0.25, 0.3) is 0 Å². The van der Waals surface area contributed by atoms with Crippen LogP contribution in [-0.4, -0.2) is 42.1 Å². The van der Waals surface area contributed by atoms with Crippen molar-refractivity contribution in [3.63, 3.8) is 0 Å². The molecule has 4 nitrogen and oxygen atoms in total. The molecule has 0 amide bonds. The molecule has 1 heterocycles. The summed E-state index contributed by atoms with van der Waals surface area (Å²) in [5.41, 5.74) is 1.36. The van der Waals surface area contributed by atoms with Crippen LogP contribution in [0.15, 0.2) is 17.2 Å². The van der Waals surface area contributed by atoms with Gasteiger partial charge in [0.25, 0.3) is 0 Å². The van der Waals surface area contributed by atoms with Crippen LogP contribution in [0.5, 0.6) is 5.75 Å². The highest BCUT2D eigenvalue weighted by Gasteiger charge is 2.15. The lowest BCUT2D eigenvalue weighted by molar-refractivity contribution is 0.0393. The zero-order valence-corrected chi connectivity index (χ0v) is 12.2. The van der Waals surface area contributed by atoms with Crippen LogP contribution < -0.4 is 0 Å². The number of ether oxygens (including phenoxy) is 1. The van der Waals surface area contributed by atoms with Crippen LogP contribution in [0.3, 0.4) is 0 Å². The Kier molecular flexibility index (Phi) is 4.91. The first-order valence-electron chi connectivity index (χ1n) is 6.20. The van der Waals surface area contributed by atoms with E-state index in [0.717, 1.165) is 18.8 Å². The predicted octanol–water partition coefficient (Wildman–Crippen LogP) is 3.15. The number of phenolic OH excluding ortho intramolecular Hbond substituents is 1. The van der Waals surface area contributed by atoms with E-state index in [-0.39, 0.29) is 10.8 Å². The van der Waals surface area contributed by atoms with Gasteiger partial charge in [-0.2, -0.15) is 5.10 Å². The van der Waals surface area contributed by atoms with Crippen LogP contribution in [0.1, 0.15) is 18.9 Å². The Bertz CT molecular complexity index is 486. The lowest BCUT2D eigenvalue weighted by atomic mass is 10.1. The van der Waals surface area contributed by atoms with E-state index in [0.29, 0.717) is 30.2 Å². The third-order valence-electron chi connectivity index (χ3n) is 2.92. The summed E-state index contributed by atoms with van der Waals surface area (Å²) >= 11 is 11.9. The molecule has 104 valence electrons. The van der Waals surface area contributed by atoms with Crippen molar-refractivity contribution in [3.05, 3.63) is 27.7 Å². The van der Waals surface area contributed by atoms with Crippen molar-refractivity contribution in [2.24, 2.45) is 5.10 Å². The van der Waals surface area contributed by atoms with Crippen molar-refractivity contribution in [2.45, 2.75) is 13.3 Å². The normalized spacial score (nSPS) is 16.8. The first kappa shape index (κ1) is 14.4. The van der Waals surface area contributed by atoms with Gasteiger partial charge in [0.15, 0.2) is 0 Å². The number of hydrazone groups is 1. The van der Waals surface area contributed by atoms with Gasteiger partial charge in [-0.15, -0.1) is 0 Å². The molecule has 1 aromatic rings. The Labute approximate surface area is 122 Å². The first-order valence-corrected chi connectivity index (χ1v) is 6.96. The molecule has 1 aliphatic rings. The highest BCUT2D eigenvalue weighted by Crippen LogP contribution is 2.32. The summed E-state index contributed by atoms with van der Waals surface area (Å²) in [6, 6.07) is 3.20. The van der Waals surface area contributed by atoms with Crippen molar-refractivity contribution >= 4 is 28.9 Å². The molecule has 19 heavy (non-hydrogen) atoms. The van der Waals surface area contributed by atoms with Crippen molar-refractivity contribution < 1.29 is 9.84 Å². The maximum absolute atomic E-state index is 10.0. The van der Waals surface area contributed by atoms with E-state index in [2.05, 4.69) is 5.10 Å². The van der Waals surface area contributed by atoms with Gasteiger partial charge in [-0.3, -0.25) is 5.01 Å². The minimum atomic E-state index is 0.0277. The van der Waals surface area contributed by atoms with Gasteiger partial charge in [-0.05, 0) is 18.6 Å². The molecule has 1 N–H and O–H groups in total. The maximum atomic E-state index is 10.0. The topological polar surface area (TPSA) is 45.1 Å². The van der Waals surface area contributed by atoms with E-state index >= 15 is 0 Å². The molecule has 0 aliphatic carbocycles. The molecule has 0 atom stereocenters. The molecule has 1 aliphatic heterocycles. The van der Waals surface area contributed by atoms with E-state index in [1.165, 1.54) is 6.07 Å². The van der Waals surface area contributed by atoms with Crippen LogP contribution in [0.4, 0.5) is 0 Å². The number of aromatic hydroxyl groups is 1. The molecule has 1 fully saturated rings. The van der Waals surface area contributed by atoms with Crippen LogP contribution in [0, 0.1) is 0 Å². The molecule has 0 spiro atoms. The third-order valence-corrected chi connectivity index (χ3v) is 3.43. The highest BCUT2D eigenvalue weighted by atomic mass is 35.5. The van der Waals surface area contributed by atoms with E-state index in [9.17, 15) is 5.11 Å². The lowest BCUT2D eigenvalue weighted by Gasteiger charge is -2.25. The quantitative estimate of drug-likeness (QED) is 0.873. The number of hydrogen-bond donors (Lipinski definition) is 1. The Morgan fingerprint density at radius 2 is 2.05 bits per heavy atom. The molecule has 0 radical (unpaired) electrons. The highest BCUT2D eigenvalue weighted by molar-refractivity contribution is 6.36. The molecule has 0 aromatic heterocycles. The molecule has 1 aromatic carbocycles. The standard InChI is InChI=1S/C13H16Cl2N2O2/c1-2-12(16-17-3-5-19-6-4-17)10-7-9(14)8-11(15)13(10)18/h7-8,18H,2-6H2,1H3. The fraction of sp³-hybridized carbons (Fsp3) is 0.462. The summed E-state index contributed by atoms with van der Waals surface area (Å²) in [7, 11) is 0. The molecule has 2 rings (SSSR count). The summed E-state index contributed by atoms with van der Waals surface area (Å²) in [5.74, 6) is 0.0277. The largest absolute Gasteiger partial charge is 0.506 e. The summed E-state index contributed by atoms with van der Waals surface area (Å²) in [6.07, 6.45) is 0.682. The molecular weight excluding hydrogens is 287 g/mol. The minimum Gasteiger partial charge on any atom is -0.506 e. The van der Waals surface area contributed by atoms with Crippen molar-refractivity contribution in [2.75, 3.05) is 26.3 Å². The molecule has 6 heteroatoms. The van der Waals surface area contributed by atoms with Crippen LogP contribution in [0.2, 0.25) is 10.0 Å². The van der Waals surface area contributed by atoms with E-state index in [1.54, 1.807) is 6.07 Å². The van der Waals surface area contributed by atoms with Crippen LogP contribution in [-0.2, 0) is 4.74 Å². The van der Waals surface area contributed by atoms with Gasteiger partial charge in [-0.25, -0.2) is 0 Å². The zero-order valence-electron chi connectivity index (χ0n) is 10.7. The second-order valence-corrected chi connectivity index (χ2v) is 5.09. The van der Waals surface area contributed by atoms with Gasteiger partial charge in [0.1, 0.15) is 5.75 Å². The Morgan fingerprint density at radius 1 is 1.37 bits per heavy atom. The summed E-state index contributed by atoms with van der Waals surface area (Å²) in [6.45, 7) is 4.82. The average molecular weight is 303 g/mol. The number of hydrogen-bond acceptors (Lipinski definition) is 4. The summed E-state index contributed by atoms with van der Waals surface area (Å²) < 4.78 is 5.28. The minimum absolute atomic E-state index is 0.0277. The fourth-order valence-electron chi connectivity index (χ4n) is 1.93. The third kappa shape index (κ3) is 3.53. The summed E-state index contributed by atoms with van der Waals surface area (Å²) in [5, 5.41) is 17.3. The second-order valence-electron chi connectivity index (χ2n) is 4.25. The van der Waals surface area contributed by atoms with Crippen molar-refractivity contribution in [1.82, 2.24) is 5.01 Å². The number of halogens is 2. The molecule has 0 unspecified atom stereocenters. The molecule has 0 saturated carbocycles.